The number of Topliss-reactive ketones (excluding diaryl/α,β-unsaturated/α-hetero) is 1. The van der Waals surface area contributed by atoms with Gasteiger partial charge >= 0.3 is 11.9 Å². The molecule has 4 rings (SSSR count). The van der Waals surface area contributed by atoms with Crippen LogP contribution in [0, 0.1) is 23.2 Å². The summed E-state index contributed by atoms with van der Waals surface area (Å²) in [5.74, 6) is -0.680. The minimum atomic E-state index is -1.33. The quantitative estimate of drug-likeness (QED) is 0.302. The molecule has 0 unspecified atom stereocenters. The summed E-state index contributed by atoms with van der Waals surface area (Å²) in [7, 11) is 1.59. The van der Waals surface area contributed by atoms with Gasteiger partial charge in [0.25, 0.3) is 0 Å². The largest absolute Gasteiger partial charge is 0.497 e. The molecular formula is C29H34O6. The highest BCUT2D eigenvalue weighted by molar-refractivity contribution is 6.02. The lowest BCUT2D eigenvalue weighted by Gasteiger charge is -2.38. The molecule has 0 aliphatic heterocycles. The molecule has 2 saturated carbocycles. The number of carbonyl (C=O) groups excluding carboxylic acids is 3. The van der Waals surface area contributed by atoms with Crippen molar-refractivity contribution in [1.29, 1.82) is 0 Å². The maximum absolute atomic E-state index is 13.9. The van der Waals surface area contributed by atoms with E-state index in [1.165, 1.54) is 0 Å². The number of ketones is 1. The number of esters is 2. The predicted octanol–water partition coefficient (Wildman–Crippen LogP) is 4.99. The zero-order chi connectivity index (χ0) is 25.2. The van der Waals surface area contributed by atoms with E-state index in [0.29, 0.717) is 30.6 Å². The normalized spacial score (nSPS) is 26.6. The lowest BCUT2D eigenvalue weighted by atomic mass is 9.64. The van der Waals surface area contributed by atoms with E-state index in [0.717, 1.165) is 5.56 Å². The van der Waals surface area contributed by atoms with E-state index in [1.54, 1.807) is 27.0 Å². The number of ether oxygens (including phenoxy) is 3. The van der Waals surface area contributed by atoms with Crippen molar-refractivity contribution in [3.05, 3.63) is 65.7 Å². The van der Waals surface area contributed by atoms with Gasteiger partial charge in [-0.15, -0.1) is 0 Å². The van der Waals surface area contributed by atoms with E-state index in [4.69, 9.17) is 14.2 Å². The van der Waals surface area contributed by atoms with Crippen molar-refractivity contribution in [2.45, 2.75) is 45.4 Å². The average molecular weight is 479 g/mol. The van der Waals surface area contributed by atoms with Crippen LogP contribution in [0.3, 0.4) is 0 Å². The van der Waals surface area contributed by atoms with Crippen LogP contribution >= 0.6 is 0 Å². The first kappa shape index (κ1) is 25.0. The Balaban J connectivity index is 1.77. The van der Waals surface area contributed by atoms with Gasteiger partial charge in [-0.1, -0.05) is 49.4 Å². The van der Waals surface area contributed by atoms with Crippen molar-refractivity contribution in [1.82, 2.24) is 0 Å². The summed E-state index contributed by atoms with van der Waals surface area (Å²) in [6.45, 7) is 5.99. The van der Waals surface area contributed by atoms with E-state index in [1.807, 2.05) is 48.5 Å². The number of carbonyl (C=O) groups is 3. The molecule has 0 heterocycles. The molecule has 0 amide bonds. The molecule has 0 N–H and O–H groups in total. The molecule has 2 aliphatic carbocycles. The van der Waals surface area contributed by atoms with Crippen molar-refractivity contribution < 1.29 is 28.6 Å². The molecule has 0 aromatic heterocycles. The molecule has 0 bridgehead atoms. The number of methoxy groups -OCH3 is 1. The van der Waals surface area contributed by atoms with Gasteiger partial charge in [0.15, 0.2) is 11.2 Å². The molecule has 2 aliphatic rings. The van der Waals surface area contributed by atoms with Crippen molar-refractivity contribution >= 4 is 17.7 Å². The summed E-state index contributed by atoms with van der Waals surface area (Å²) < 4.78 is 16.1. The number of rotatable bonds is 8. The molecule has 2 aromatic rings. The third-order valence-corrected chi connectivity index (χ3v) is 8.18. The van der Waals surface area contributed by atoms with E-state index in [-0.39, 0.29) is 36.8 Å². The van der Waals surface area contributed by atoms with Gasteiger partial charge in [-0.25, -0.2) is 0 Å². The SMILES string of the molecule is CCOC(=O)C1(C(=O)OCC)C[C@@H]2C[C@H](C(=O)c3cccc(OC)c3)[C@@](C)(c3ccccc3)[C@@H]2C1. The van der Waals surface area contributed by atoms with Crippen molar-refractivity contribution in [3.63, 3.8) is 0 Å². The van der Waals surface area contributed by atoms with E-state index >= 15 is 0 Å². The summed E-state index contributed by atoms with van der Waals surface area (Å²) >= 11 is 0. The third kappa shape index (κ3) is 4.13. The topological polar surface area (TPSA) is 78.9 Å². The van der Waals surface area contributed by atoms with Gasteiger partial charge in [-0.2, -0.15) is 0 Å². The highest BCUT2D eigenvalue weighted by Crippen LogP contribution is 2.64. The van der Waals surface area contributed by atoms with Crippen LogP contribution in [0.4, 0.5) is 0 Å². The Bertz CT molecular complexity index is 1080. The van der Waals surface area contributed by atoms with Gasteiger partial charge in [0.2, 0.25) is 0 Å². The number of benzene rings is 2. The smallest absolute Gasteiger partial charge is 0.323 e. The molecule has 0 spiro atoms. The second kappa shape index (κ2) is 9.84. The number of fused-ring (bicyclic) bond motifs is 1. The molecule has 6 nitrogen and oxygen atoms in total. The standard InChI is InChI=1S/C29H34O6/c1-5-34-26(31)29(27(32)35-6-2)17-20-16-23(25(30)19-11-10-14-22(15-19)33-4)28(3,24(20)18-29)21-12-8-7-9-13-21/h7-15,20,23-24H,5-6,16-18H2,1-4H3/t20-,23+,24+,28+/m0/s1. The Hall–Kier alpha value is -3.15. The first-order valence-corrected chi connectivity index (χ1v) is 12.4. The first-order chi connectivity index (χ1) is 16.8. The fourth-order valence-electron chi connectivity index (χ4n) is 6.50. The van der Waals surface area contributed by atoms with Crippen LogP contribution in [-0.2, 0) is 24.5 Å². The first-order valence-electron chi connectivity index (χ1n) is 12.4. The molecule has 2 aromatic carbocycles. The van der Waals surface area contributed by atoms with E-state index < -0.39 is 22.8 Å². The molecule has 6 heteroatoms. The maximum atomic E-state index is 13.9. The van der Waals surface area contributed by atoms with Gasteiger partial charge in [0.05, 0.1) is 20.3 Å². The summed E-state index contributed by atoms with van der Waals surface area (Å²) in [5.41, 5.74) is -0.246. The van der Waals surface area contributed by atoms with Crippen molar-refractivity contribution in [3.8, 4) is 5.75 Å². The van der Waals surface area contributed by atoms with Crippen LogP contribution in [0.15, 0.2) is 54.6 Å². The minimum Gasteiger partial charge on any atom is -0.497 e. The molecule has 186 valence electrons. The van der Waals surface area contributed by atoms with E-state index in [9.17, 15) is 14.4 Å². The zero-order valence-electron chi connectivity index (χ0n) is 20.9. The summed E-state index contributed by atoms with van der Waals surface area (Å²) in [4.78, 5) is 40.3. The van der Waals surface area contributed by atoms with Gasteiger partial charge in [-0.3, -0.25) is 14.4 Å². The van der Waals surface area contributed by atoms with Gasteiger partial charge in [0, 0.05) is 16.9 Å². The zero-order valence-corrected chi connectivity index (χ0v) is 20.9. The highest BCUT2D eigenvalue weighted by atomic mass is 16.6. The molecule has 2 fully saturated rings. The highest BCUT2D eigenvalue weighted by Gasteiger charge is 2.66. The lowest BCUT2D eigenvalue weighted by Crippen LogP contribution is -2.44. The predicted molar refractivity (Wildman–Crippen MR) is 131 cm³/mol. The number of hydrogen-bond acceptors (Lipinski definition) is 6. The Kier molecular flexibility index (Phi) is 7.02. The van der Waals surface area contributed by atoms with Gasteiger partial charge < -0.3 is 14.2 Å². The van der Waals surface area contributed by atoms with Crippen LogP contribution in [0.2, 0.25) is 0 Å². The van der Waals surface area contributed by atoms with Crippen LogP contribution < -0.4 is 4.74 Å². The van der Waals surface area contributed by atoms with Crippen LogP contribution in [0.1, 0.15) is 56.0 Å². The third-order valence-electron chi connectivity index (χ3n) is 8.18. The second-order valence-corrected chi connectivity index (χ2v) is 9.83. The summed E-state index contributed by atoms with van der Waals surface area (Å²) in [6.07, 6.45) is 1.23. The summed E-state index contributed by atoms with van der Waals surface area (Å²) in [6, 6.07) is 17.2. The monoisotopic (exact) mass is 478 g/mol. The van der Waals surface area contributed by atoms with E-state index in [2.05, 4.69) is 6.92 Å². The minimum absolute atomic E-state index is 0.00794. The molecule has 4 atom stereocenters. The van der Waals surface area contributed by atoms with Crippen LogP contribution in [-0.4, -0.2) is 38.0 Å². The Morgan fingerprint density at radius 3 is 2.17 bits per heavy atom. The molecule has 0 radical (unpaired) electrons. The van der Waals surface area contributed by atoms with Gasteiger partial charge in [-0.05, 0) is 62.6 Å². The van der Waals surface area contributed by atoms with Crippen LogP contribution in [0.25, 0.3) is 0 Å². The Morgan fingerprint density at radius 1 is 0.914 bits per heavy atom. The maximum Gasteiger partial charge on any atom is 0.323 e. The van der Waals surface area contributed by atoms with Crippen LogP contribution in [0.5, 0.6) is 5.75 Å². The fourth-order valence-corrected chi connectivity index (χ4v) is 6.50. The average Bonchev–Trinajstić information content (AvgIpc) is 3.40. The second-order valence-electron chi connectivity index (χ2n) is 9.83. The molecule has 35 heavy (non-hydrogen) atoms. The molecular weight excluding hydrogens is 444 g/mol. The number of hydrogen-bond donors (Lipinski definition) is 0. The Morgan fingerprint density at radius 2 is 1.57 bits per heavy atom. The summed E-state index contributed by atoms with van der Waals surface area (Å²) in [5, 5.41) is 0. The van der Waals surface area contributed by atoms with Crippen molar-refractivity contribution in [2.24, 2.45) is 23.2 Å². The van der Waals surface area contributed by atoms with Gasteiger partial charge in [0.1, 0.15) is 5.75 Å². The molecule has 0 saturated heterocycles. The van der Waals surface area contributed by atoms with Crippen molar-refractivity contribution in [2.75, 3.05) is 20.3 Å². The fraction of sp³-hybridized carbons (Fsp3) is 0.483. The Labute approximate surface area is 207 Å². The lowest BCUT2D eigenvalue weighted by molar-refractivity contribution is -0.172.